The van der Waals surface area contributed by atoms with Crippen LogP contribution in [0.1, 0.15) is 27.2 Å². The third-order valence-corrected chi connectivity index (χ3v) is 4.38. The molecule has 3 rings (SSSR count). The van der Waals surface area contributed by atoms with E-state index in [1.54, 1.807) is 6.20 Å². The smallest absolute Gasteiger partial charge is 0.356 e. The fraction of sp³-hybridized carbons (Fsp3) is 0.200. The Morgan fingerprint density at radius 2 is 1.90 bits per heavy atom. The van der Waals surface area contributed by atoms with E-state index in [1.165, 1.54) is 28.0 Å². The van der Waals surface area contributed by atoms with Crippen molar-refractivity contribution in [2.45, 2.75) is 20.8 Å². The second-order valence-electron chi connectivity index (χ2n) is 4.96. The van der Waals surface area contributed by atoms with Gasteiger partial charge in [0.2, 0.25) is 0 Å². The van der Waals surface area contributed by atoms with E-state index in [4.69, 9.17) is 5.11 Å². The highest BCUT2D eigenvalue weighted by atomic mass is 32.1. The van der Waals surface area contributed by atoms with Crippen molar-refractivity contribution in [3.8, 4) is 11.3 Å². The molecule has 1 N–H and O–H groups in total. The summed E-state index contributed by atoms with van der Waals surface area (Å²) in [6.07, 6.45) is 1.58. The average Bonchev–Trinajstić information content (AvgIpc) is 2.93. The fourth-order valence-corrected chi connectivity index (χ4v) is 3.19. The third kappa shape index (κ3) is 1.91. The molecule has 0 spiro atoms. The van der Waals surface area contributed by atoms with Gasteiger partial charge in [-0.15, -0.1) is 11.3 Å². The quantitative estimate of drug-likeness (QED) is 0.781. The fourth-order valence-electron chi connectivity index (χ4n) is 2.32. The lowest BCUT2D eigenvalue weighted by molar-refractivity contribution is 0.0691. The van der Waals surface area contributed by atoms with Crippen LogP contribution in [-0.4, -0.2) is 20.5 Å². The number of aromatic nitrogens is 2. The number of aromatic carboxylic acids is 1. The first-order valence-electron chi connectivity index (χ1n) is 6.25. The Labute approximate surface area is 120 Å². The molecule has 0 bridgehead atoms. The predicted molar refractivity (Wildman–Crippen MR) is 79.7 cm³/mol. The van der Waals surface area contributed by atoms with Gasteiger partial charge in [0.1, 0.15) is 0 Å². The van der Waals surface area contributed by atoms with Gasteiger partial charge in [0.25, 0.3) is 0 Å². The summed E-state index contributed by atoms with van der Waals surface area (Å²) in [5.74, 6) is -0.997. The number of hydrogen-bond acceptors (Lipinski definition) is 3. The van der Waals surface area contributed by atoms with Crippen molar-refractivity contribution < 1.29 is 9.90 Å². The number of hydrogen-bond donors (Lipinski definition) is 1. The van der Waals surface area contributed by atoms with Crippen molar-refractivity contribution in [2.24, 2.45) is 0 Å². The Kier molecular flexibility index (Phi) is 2.87. The molecule has 0 saturated carbocycles. The second-order valence-corrected chi connectivity index (χ2v) is 5.79. The number of carboxylic acid groups (broad SMARTS) is 1. The van der Waals surface area contributed by atoms with E-state index < -0.39 is 5.97 Å². The number of imidazole rings is 1. The second kappa shape index (κ2) is 4.45. The maximum Gasteiger partial charge on any atom is 0.356 e. The van der Waals surface area contributed by atoms with Crippen LogP contribution >= 0.6 is 11.3 Å². The Bertz CT molecular complexity index is 830. The Morgan fingerprint density at radius 3 is 2.60 bits per heavy atom. The molecule has 0 saturated heterocycles. The maximum absolute atomic E-state index is 11.0. The molecular formula is C15H14N2O2S. The first-order valence-corrected chi connectivity index (χ1v) is 7.13. The Morgan fingerprint density at radius 1 is 1.20 bits per heavy atom. The maximum atomic E-state index is 11.0. The summed E-state index contributed by atoms with van der Waals surface area (Å²) >= 11 is 1.45. The minimum absolute atomic E-state index is 0.0830. The van der Waals surface area contributed by atoms with Crippen molar-refractivity contribution in [2.75, 3.05) is 0 Å². The molecule has 4 nitrogen and oxygen atoms in total. The molecule has 5 heteroatoms. The molecule has 3 aromatic rings. The van der Waals surface area contributed by atoms with E-state index in [-0.39, 0.29) is 5.69 Å². The van der Waals surface area contributed by atoms with Gasteiger partial charge in [-0.25, -0.2) is 9.78 Å². The summed E-state index contributed by atoms with van der Waals surface area (Å²) in [6, 6.07) is 4.30. The van der Waals surface area contributed by atoms with Gasteiger partial charge in [-0.2, -0.15) is 0 Å². The van der Waals surface area contributed by atoms with Crippen molar-refractivity contribution >= 4 is 22.3 Å². The topological polar surface area (TPSA) is 54.6 Å². The van der Waals surface area contributed by atoms with Gasteiger partial charge < -0.3 is 5.11 Å². The zero-order valence-electron chi connectivity index (χ0n) is 11.5. The normalized spacial score (nSPS) is 11.2. The molecule has 0 aliphatic carbocycles. The SMILES string of the molecule is Cc1cc(C)c(-c2csc3nc(C(=O)O)cn23)cc1C. The molecule has 0 radical (unpaired) electrons. The van der Waals surface area contributed by atoms with Crippen LogP contribution in [0, 0.1) is 20.8 Å². The van der Waals surface area contributed by atoms with Crippen LogP contribution in [0.4, 0.5) is 0 Å². The van der Waals surface area contributed by atoms with Gasteiger partial charge in [0, 0.05) is 17.1 Å². The zero-order chi connectivity index (χ0) is 14.4. The van der Waals surface area contributed by atoms with Crippen molar-refractivity contribution in [3.05, 3.63) is 46.1 Å². The summed E-state index contributed by atoms with van der Waals surface area (Å²) in [6.45, 7) is 6.24. The molecule has 0 amide bonds. The van der Waals surface area contributed by atoms with Crippen LogP contribution in [0.25, 0.3) is 16.2 Å². The lowest BCUT2D eigenvalue weighted by atomic mass is 9.99. The van der Waals surface area contributed by atoms with Crippen LogP contribution in [0.2, 0.25) is 0 Å². The molecule has 0 aliphatic rings. The summed E-state index contributed by atoms with van der Waals surface area (Å²) < 4.78 is 1.85. The summed E-state index contributed by atoms with van der Waals surface area (Å²) in [4.78, 5) is 15.8. The third-order valence-electron chi connectivity index (χ3n) is 3.54. The number of nitrogens with zero attached hydrogens (tertiary/aromatic N) is 2. The molecule has 0 aliphatic heterocycles. The standard InChI is InChI=1S/C15H14N2O2S/c1-8-4-10(3)11(5-9(8)2)13-7-20-15-16-12(14(18)19)6-17(13)15/h4-7H,1-3H3,(H,18,19). The molecule has 2 aromatic heterocycles. The molecular weight excluding hydrogens is 272 g/mol. The molecule has 0 unspecified atom stereocenters. The van der Waals surface area contributed by atoms with Gasteiger partial charge in [0.05, 0.1) is 5.69 Å². The summed E-state index contributed by atoms with van der Waals surface area (Å²) in [7, 11) is 0. The van der Waals surface area contributed by atoms with E-state index in [1.807, 2.05) is 9.78 Å². The molecule has 1 aromatic carbocycles. The van der Waals surface area contributed by atoms with Crippen molar-refractivity contribution in [1.29, 1.82) is 0 Å². The van der Waals surface area contributed by atoms with Crippen LogP contribution in [0.3, 0.4) is 0 Å². The zero-order valence-corrected chi connectivity index (χ0v) is 12.3. The number of aryl methyl sites for hydroxylation is 3. The molecule has 2 heterocycles. The van der Waals surface area contributed by atoms with Crippen LogP contribution in [0.15, 0.2) is 23.7 Å². The first kappa shape index (κ1) is 12.9. The minimum Gasteiger partial charge on any atom is -0.476 e. The van der Waals surface area contributed by atoms with Gasteiger partial charge in [0.15, 0.2) is 10.7 Å². The van der Waals surface area contributed by atoms with Crippen molar-refractivity contribution in [3.63, 3.8) is 0 Å². The van der Waals surface area contributed by atoms with Crippen molar-refractivity contribution in [1.82, 2.24) is 9.38 Å². The number of carboxylic acids is 1. The van der Waals surface area contributed by atoms with Gasteiger partial charge in [-0.05, 0) is 43.5 Å². The highest BCUT2D eigenvalue weighted by molar-refractivity contribution is 7.15. The molecule has 0 fully saturated rings. The number of rotatable bonds is 2. The lowest BCUT2D eigenvalue weighted by Gasteiger charge is -2.09. The van der Waals surface area contributed by atoms with E-state index in [9.17, 15) is 4.79 Å². The first-order chi connectivity index (χ1) is 9.47. The summed E-state index contributed by atoms with van der Waals surface area (Å²) in [5, 5.41) is 11.0. The highest BCUT2D eigenvalue weighted by Crippen LogP contribution is 2.30. The summed E-state index contributed by atoms with van der Waals surface area (Å²) in [5.41, 5.74) is 5.86. The number of thiazole rings is 1. The highest BCUT2D eigenvalue weighted by Gasteiger charge is 2.15. The monoisotopic (exact) mass is 286 g/mol. The van der Waals surface area contributed by atoms with Gasteiger partial charge >= 0.3 is 5.97 Å². The van der Waals surface area contributed by atoms with Crippen LogP contribution in [-0.2, 0) is 0 Å². The molecule has 20 heavy (non-hydrogen) atoms. The Balaban J connectivity index is 2.24. The van der Waals surface area contributed by atoms with Gasteiger partial charge in [-0.1, -0.05) is 6.07 Å². The largest absolute Gasteiger partial charge is 0.476 e. The van der Waals surface area contributed by atoms with Crippen LogP contribution < -0.4 is 0 Å². The van der Waals surface area contributed by atoms with Crippen LogP contribution in [0.5, 0.6) is 0 Å². The number of carbonyl (C=O) groups is 1. The Hall–Kier alpha value is -2.14. The minimum atomic E-state index is -0.997. The van der Waals surface area contributed by atoms with E-state index in [0.29, 0.717) is 4.96 Å². The van der Waals surface area contributed by atoms with E-state index >= 15 is 0 Å². The predicted octanol–water partition coefficient (Wildman–Crippen LogP) is 3.69. The number of fused-ring (bicyclic) bond motifs is 1. The lowest BCUT2D eigenvalue weighted by Crippen LogP contribution is -1.95. The van der Waals surface area contributed by atoms with Gasteiger partial charge in [-0.3, -0.25) is 4.40 Å². The van der Waals surface area contributed by atoms with E-state index in [0.717, 1.165) is 11.3 Å². The van der Waals surface area contributed by atoms with E-state index in [2.05, 4.69) is 37.9 Å². The number of benzene rings is 1. The average molecular weight is 286 g/mol. The molecule has 102 valence electrons. The molecule has 0 atom stereocenters.